The van der Waals surface area contributed by atoms with Crippen molar-refractivity contribution in [2.24, 2.45) is 0 Å². The van der Waals surface area contributed by atoms with Crippen molar-refractivity contribution < 1.29 is 19.4 Å². The molecule has 5 nitrogen and oxygen atoms in total. The molecule has 0 fully saturated rings. The first kappa shape index (κ1) is 17.5. The van der Waals surface area contributed by atoms with Gasteiger partial charge < -0.3 is 9.84 Å². The summed E-state index contributed by atoms with van der Waals surface area (Å²) in [5.74, 6) is -0.982. The summed E-state index contributed by atoms with van der Waals surface area (Å²) < 4.78 is 5.15. The molecule has 6 heteroatoms. The number of carbonyl (C=O) groups is 2. The van der Waals surface area contributed by atoms with Crippen LogP contribution in [0.4, 0.5) is 5.00 Å². The molecule has 1 aromatic carbocycles. The van der Waals surface area contributed by atoms with E-state index in [4.69, 9.17) is 4.74 Å². The summed E-state index contributed by atoms with van der Waals surface area (Å²) in [6, 6.07) is 4.51. The first-order valence-electron chi connectivity index (χ1n) is 8.26. The number of carboxylic acid groups (broad SMARTS) is 1. The Morgan fingerprint density at radius 2 is 2.00 bits per heavy atom. The Kier molecular flexibility index (Phi) is 4.81. The van der Waals surface area contributed by atoms with Gasteiger partial charge >= 0.3 is 5.97 Å². The fraction of sp³-hybridized carbons (Fsp3) is 0.368. The largest absolute Gasteiger partial charge is 0.496 e. The molecule has 0 saturated carbocycles. The lowest BCUT2D eigenvalue weighted by Gasteiger charge is -2.21. The monoisotopic (exact) mass is 359 g/mol. The molecule has 0 saturated heterocycles. The minimum absolute atomic E-state index is 0.0541. The zero-order chi connectivity index (χ0) is 18.1. The van der Waals surface area contributed by atoms with Crippen LogP contribution in [-0.2, 0) is 6.42 Å². The van der Waals surface area contributed by atoms with E-state index in [0.717, 1.165) is 24.3 Å². The van der Waals surface area contributed by atoms with Crippen LogP contribution in [0.5, 0.6) is 5.75 Å². The van der Waals surface area contributed by atoms with Crippen LogP contribution in [0.25, 0.3) is 0 Å². The molecule has 0 radical (unpaired) electrons. The number of carbonyl (C=O) groups excluding carboxylic acids is 1. The highest BCUT2D eigenvalue weighted by molar-refractivity contribution is 7.16. The molecule has 2 aromatic rings. The van der Waals surface area contributed by atoms with Gasteiger partial charge in [-0.15, -0.1) is 11.3 Å². The summed E-state index contributed by atoms with van der Waals surface area (Å²) in [5, 5.41) is 10.2. The molecule has 1 aliphatic heterocycles. The minimum atomic E-state index is -1.07. The van der Waals surface area contributed by atoms with Crippen LogP contribution in [0.3, 0.4) is 0 Å². The summed E-state index contributed by atoms with van der Waals surface area (Å²) in [6.45, 7) is 4.87. The first-order valence-corrected chi connectivity index (χ1v) is 9.07. The Morgan fingerprint density at radius 3 is 2.68 bits per heavy atom. The number of amides is 1. The summed E-state index contributed by atoms with van der Waals surface area (Å²) >= 11 is 1.66. The maximum atomic E-state index is 13.1. The smallest absolute Gasteiger partial charge is 0.339 e. The lowest BCUT2D eigenvalue weighted by molar-refractivity contribution is 0.0692. The summed E-state index contributed by atoms with van der Waals surface area (Å²) in [6.07, 6.45) is 3.02. The van der Waals surface area contributed by atoms with E-state index in [1.807, 2.05) is 4.90 Å². The fourth-order valence-corrected chi connectivity index (χ4v) is 4.42. The van der Waals surface area contributed by atoms with Crippen molar-refractivity contribution in [3.63, 3.8) is 0 Å². The number of anilines is 1. The van der Waals surface area contributed by atoms with Gasteiger partial charge in [0.25, 0.3) is 5.91 Å². The molecule has 0 unspecified atom stereocenters. The molecule has 1 N–H and O–H groups in total. The number of aromatic carboxylic acids is 1. The van der Waals surface area contributed by atoms with Crippen LogP contribution in [0, 0.1) is 13.8 Å². The van der Waals surface area contributed by atoms with E-state index in [0.29, 0.717) is 12.1 Å². The molecule has 0 atom stereocenters. The van der Waals surface area contributed by atoms with Crippen molar-refractivity contribution in [2.75, 3.05) is 18.6 Å². The lowest BCUT2D eigenvalue weighted by atomic mass is 10.1. The Bertz CT molecular complexity index is 840. The predicted molar refractivity (Wildman–Crippen MR) is 98.4 cm³/mol. The van der Waals surface area contributed by atoms with E-state index in [9.17, 15) is 14.7 Å². The zero-order valence-corrected chi connectivity index (χ0v) is 15.4. The average Bonchev–Trinajstić information content (AvgIpc) is 2.77. The standard InChI is InChI=1S/C19H21NO4S/c1-11-12(2)25-18-14(11)6-4-5-9-20(18)17(21)13-7-8-15(19(22)23)16(10-13)24-3/h7-8,10H,4-6,9H2,1-3H3,(H,22,23). The van der Waals surface area contributed by atoms with Crippen molar-refractivity contribution in [1.29, 1.82) is 0 Å². The van der Waals surface area contributed by atoms with E-state index < -0.39 is 5.97 Å². The third-order valence-electron chi connectivity index (χ3n) is 4.72. The number of hydrogen-bond donors (Lipinski definition) is 1. The number of aryl methyl sites for hydroxylation is 1. The van der Waals surface area contributed by atoms with Crippen molar-refractivity contribution >= 4 is 28.2 Å². The molecule has 2 heterocycles. The van der Waals surface area contributed by atoms with Gasteiger partial charge in [-0.2, -0.15) is 0 Å². The Morgan fingerprint density at radius 1 is 1.24 bits per heavy atom. The van der Waals surface area contributed by atoms with Gasteiger partial charge in [-0.1, -0.05) is 0 Å². The number of rotatable bonds is 3. The quantitative estimate of drug-likeness (QED) is 0.898. The second-order valence-electron chi connectivity index (χ2n) is 6.20. The number of fused-ring (bicyclic) bond motifs is 1. The molecule has 3 rings (SSSR count). The van der Waals surface area contributed by atoms with Gasteiger partial charge in [0, 0.05) is 17.0 Å². The number of methoxy groups -OCH3 is 1. The van der Waals surface area contributed by atoms with Crippen LogP contribution >= 0.6 is 11.3 Å². The molecule has 1 aliphatic rings. The van der Waals surface area contributed by atoms with Crippen LogP contribution in [0.1, 0.15) is 49.6 Å². The Balaban J connectivity index is 2.01. The normalized spacial score (nSPS) is 14.0. The molecule has 0 spiro atoms. The molecule has 1 amide bonds. The summed E-state index contributed by atoms with van der Waals surface area (Å²) in [7, 11) is 1.41. The molecule has 0 bridgehead atoms. The average molecular weight is 359 g/mol. The van der Waals surface area contributed by atoms with Crippen molar-refractivity contribution in [3.8, 4) is 5.75 Å². The molecule has 0 aliphatic carbocycles. The second-order valence-corrected chi connectivity index (χ2v) is 7.40. The number of ether oxygens (including phenoxy) is 1. The molecular formula is C19H21NO4S. The highest BCUT2D eigenvalue weighted by Gasteiger charge is 2.27. The Hall–Kier alpha value is -2.34. The molecule has 25 heavy (non-hydrogen) atoms. The van der Waals surface area contributed by atoms with E-state index in [1.54, 1.807) is 17.4 Å². The van der Waals surface area contributed by atoms with Crippen molar-refractivity contribution in [1.82, 2.24) is 0 Å². The fourth-order valence-electron chi connectivity index (χ4n) is 3.19. The van der Waals surface area contributed by atoms with E-state index in [1.165, 1.54) is 35.2 Å². The van der Waals surface area contributed by atoms with Gasteiger partial charge in [0.05, 0.1) is 7.11 Å². The topological polar surface area (TPSA) is 66.8 Å². The van der Waals surface area contributed by atoms with Crippen LogP contribution in [0.2, 0.25) is 0 Å². The number of hydrogen-bond acceptors (Lipinski definition) is 4. The van der Waals surface area contributed by atoms with Gasteiger partial charge in [0.1, 0.15) is 16.3 Å². The number of nitrogens with zero attached hydrogens (tertiary/aromatic N) is 1. The van der Waals surface area contributed by atoms with Gasteiger partial charge in [-0.3, -0.25) is 9.69 Å². The van der Waals surface area contributed by atoms with E-state index in [-0.39, 0.29) is 17.2 Å². The van der Waals surface area contributed by atoms with Gasteiger partial charge in [-0.05, 0) is 62.4 Å². The lowest BCUT2D eigenvalue weighted by Crippen LogP contribution is -2.31. The highest BCUT2D eigenvalue weighted by Crippen LogP contribution is 2.39. The number of thiophene rings is 1. The van der Waals surface area contributed by atoms with E-state index in [2.05, 4.69) is 13.8 Å². The van der Waals surface area contributed by atoms with Crippen molar-refractivity contribution in [3.05, 3.63) is 45.3 Å². The SMILES string of the molecule is COc1cc(C(=O)N2CCCCc3c2sc(C)c3C)ccc1C(=O)O. The molecular weight excluding hydrogens is 338 g/mol. The Labute approximate surface area is 150 Å². The third kappa shape index (κ3) is 3.14. The van der Waals surface area contributed by atoms with E-state index >= 15 is 0 Å². The van der Waals surface area contributed by atoms with Gasteiger partial charge in [-0.25, -0.2) is 4.79 Å². The van der Waals surface area contributed by atoms with Crippen LogP contribution in [-0.4, -0.2) is 30.6 Å². The van der Waals surface area contributed by atoms with Crippen LogP contribution in [0.15, 0.2) is 18.2 Å². The van der Waals surface area contributed by atoms with Crippen LogP contribution < -0.4 is 9.64 Å². The van der Waals surface area contributed by atoms with Gasteiger partial charge in [0.2, 0.25) is 0 Å². The third-order valence-corrected chi connectivity index (χ3v) is 5.99. The summed E-state index contributed by atoms with van der Waals surface area (Å²) in [4.78, 5) is 27.4. The number of benzene rings is 1. The zero-order valence-electron chi connectivity index (χ0n) is 14.6. The first-order chi connectivity index (χ1) is 11.9. The van der Waals surface area contributed by atoms with Gasteiger partial charge in [0.15, 0.2) is 0 Å². The summed E-state index contributed by atoms with van der Waals surface area (Å²) in [5.41, 5.74) is 3.04. The maximum Gasteiger partial charge on any atom is 0.339 e. The predicted octanol–water partition coefficient (Wildman–Crippen LogP) is 4.05. The minimum Gasteiger partial charge on any atom is -0.496 e. The number of carboxylic acids is 1. The molecule has 1 aromatic heterocycles. The highest BCUT2D eigenvalue weighted by atomic mass is 32.1. The second kappa shape index (κ2) is 6.88. The maximum absolute atomic E-state index is 13.1. The van der Waals surface area contributed by atoms with Crippen molar-refractivity contribution in [2.45, 2.75) is 33.1 Å². The molecule has 132 valence electrons.